The van der Waals surface area contributed by atoms with Crippen LogP contribution in [0.3, 0.4) is 0 Å². The molecule has 0 N–H and O–H groups in total. The van der Waals surface area contributed by atoms with Crippen molar-refractivity contribution >= 4 is 44.9 Å². The van der Waals surface area contributed by atoms with E-state index in [0.29, 0.717) is 6.71 Å². The van der Waals surface area contributed by atoms with Gasteiger partial charge in [0.1, 0.15) is 0 Å². The van der Waals surface area contributed by atoms with E-state index in [-0.39, 0.29) is 0 Å². The van der Waals surface area contributed by atoms with Gasteiger partial charge in [0.15, 0.2) is 0 Å². The Labute approximate surface area is 164 Å². The summed E-state index contributed by atoms with van der Waals surface area (Å²) in [4.78, 5) is 0. The second-order valence-electron chi connectivity index (χ2n) is 8.21. The van der Waals surface area contributed by atoms with Crippen molar-refractivity contribution in [1.82, 2.24) is 4.57 Å². The molecule has 0 saturated heterocycles. The van der Waals surface area contributed by atoms with Crippen LogP contribution in [0, 0.1) is 6.92 Å². The van der Waals surface area contributed by atoms with Crippen molar-refractivity contribution in [3.05, 3.63) is 95.6 Å². The van der Waals surface area contributed by atoms with Crippen LogP contribution >= 0.6 is 0 Å². The van der Waals surface area contributed by atoms with Gasteiger partial charge in [-0.2, -0.15) is 0 Å². The molecular formula is C26H18BN. The minimum Gasteiger partial charge on any atom is -0.310 e. The molecule has 3 heterocycles. The lowest BCUT2D eigenvalue weighted by atomic mass is 9.32. The Hall–Kier alpha value is -3.26. The highest BCUT2D eigenvalue weighted by molar-refractivity contribution is 6.99. The molecule has 0 fully saturated rings. The van der Waals surface area contributed by atoms with Gasteiger partial charge in [0.2, 0.25) is 6.71 Å². The van der Waals surface area contributed by atoms with E-state index in [0.717, 1.165) is 6.42 Å². The second kappa shape index (κ2) is 4.96. The largest absolute Gasteiger partial charge is 0.310 e. The number of hydrogen-bond acceptors (Lipinski definition) is 0. The Kier molecular flexibility index (Phi) is 2.62. The molecule has 0 aliphatic carbocycles. The van der Waals surface area contributed by atoms with E-state index in [1.807, 2.05) is 0 Å². The summed E-state index contributed by atoms with van der Waals surface area (Å²) in [6, 6.07) is 29.4. The number of hydrogen-bond donors (Lipinski definition) is 0. The minimum atomic E-state index is 0.329. The van der Waals surface area contributed by atoms with E-state index < -0.39 is 0 Å². The number of rotatable bonds is 0. The second-order valence-corrected chi connectivity index (χ2v) is 8.21. The molecule has 1 nitrogen and oxygen atoms in total. The Morgan fingerprint density at radius 2 is 1.54 bits per heavy atom. The summed E-state index contributed by atoms with van der Waals surface area (Å²) in [7, 11) is 0. The summed E-state index contributed by atoms with van der Waals surface area (Å²) < 4.78 is 2.54. The predicted octanol–water partition coefficient (Wildman–Crippen LogP) is 3.83. The Bertz CT molecular complexity index is 1460. The fraction of sp³-hybridized carbons (Fsp3) is 0.0769. The number of benzene rings is 4. The van der Waals surface area contributed by atoms with E-state index >= 15 is 0 Å². The molecule has 0 spiro atoms. The van der Waals surface area contributed by atoms with E-state index in [9.17, 15) is 0 Å². The van der Waals surface area contributed by atoms with Crippen molar-refractivity contribution in [2.45, 2.75) is 13.3 Å². The molecule has 0 atom stereocenters. The average molecular weight is 355 g/mol. The molecule has 0 unspecified atom stereocenters. The zero-order chi connectivity index (χ0) is 18.4. The molecule has 28 heavy (non-hydrogen) atoms. The fourth-order valence-corrected chi connectivity index (χ4v) is 5.71. The Morgan fingerprint density at radius 3 is 2.50 bits per heavy atom. The Morgan fingerprint density at radius 1 is 0.714 bits per heavy atom. The van der Waals surface area contributed by atoms with Gasteiger partial charge in [-0.25, -0.2) is 0 Å². The van der Waals surface area contributed by atoms with Crippen LogP contribution < -0.4 is 16.4 Å². The summed E-state index contributed by atoms with van der Waals surface area (Å²) in [6.45, 7) is 2.58. The van der Waals surface area contributed by atoms with Gasteiger partial charge in [-0.15, -0.1) is 0 Å². The molecule has 2 aliphatic heterocycles. The highest BCUT2D eigenvalue weighted by Crippen LogP contribution is 2.36. The molecule has 1 aromatic heterocycles. The van der Waals surface area contributed by atoms with Crippen molar-refractivity contribution in [3.63, 3.8) is 0 Å². The highest BCUT2D eigenvalue weighted by Gasteiger charge is 2.38. The summed E-state index contributed by atoms with van der Waals surface area (Å²) in [5, 5.41) is 2.74. The monoisotopic (exact) mass is 355 g/mol. The molecule has 5 aromatic rings. The molecule has 4 aromatic carbocycles. The maximum atomic E-state index is 2.54. The predicted molar refractivity (Wildman–Crippen MR) is 119 cm³/mol. The van der Waals surface area contributed by atoms with E-state index in [1.54, 1.807) is 0 Å². The minimum absolute atomic E-state index is 0.329. The van der Waals surface area contributed by atoms with Crippen molar-refractivity contribution in [3.8, 4) is 5.69 Å². The quantitative estimate of drug-likeness (QED) is 0.365. The van der Waals surface area contributed by atoms with Crippen LogP contribution in [-0.2, 0) is 6.42 Å². The third-order valence-corrected chi connectivity index (χ3v) is 6.81. The molecule has 7 rings (SSSR count). The number of aromatic nitrogens is 1. The lowest BCUT2D eigenvalue weighted by Gasteiger charge is -2.34. The fourth-order valence-electron chi connectivity index (χ4n) is 5.71. The molecule has 2 aliphatic rings. The lowest BCUT2D eigenvalue weighted by Crippen LogP contribution is -2.60. The van der Waals surface area contributed by atoms with Gasteiger partial charge in [0.25, 0.3) is 0 Å². The van der Waals surface area contributed by atoms with E-state index in [4.69, 9.17) is 0 Å². The summed E-state index contributed by atoms with van der Waals surface area (Å²) in [6.07, 6.45) is 1.03. The number of nitrogens with zero attached hydrogens (tertiary/aromatic N) is 1. The first-order valence-electron chi connectivity index (χ1n) is 10.1. The van der Waals surface area contributed by atoms with Crippen LogP contribution in [0.5, 0.6) is 0 Å². The van der Waals surface area contributed by atoms with Gasteiger partial charge in [-0.1, -0.05) is 78.3 Å². The third kappa shape index (κ3) is 1.61. The van der Waals surface area contributed by atoms with Crippen molar-refractivity contribution in [2.24, 2.45) is 0 Å². The van der Waals surface area contributed by atoms with Crippen molar-refractivity contribution < 1.29 is 0 Å². The Balaban J connectivity index is 1.78. The summed E-state index contributed by atoms with van der Waals surface area (Å²) in [5.74, 6) is 0. The van der Waals surface area contributed by atoms with Crippen LogP contribution in [0.1, 0.15) is 16.7 Å². The summed E-state index contributed by atoms with van der Waals surface area (Å²) >= 11 is 0. The van der Waals surface area contributed by atoms with E-state index in [2.05, 4.69) is 90.4 Å². The van der Waals surface area contributed by atoms with E-state index in [1.165, 1.54) is 60.6 Å². The maximum absolute atomic E-state index is 2.54. The van der Waals surface area contributed by atoms with Crippen LogP contribution in [-0.4, -0.2) is 11.3 Å². The molecular weight excluding hydrogens is 337 g/mol. The van der Waals surface area contributed by atoms with Crippen molar-refractivity contribution in [1.29, 1.82) is 0 Å². The molecule has 130 valence electrons. The van der Waals surface area contributed by atoms with Crippen molar-refractivity contribution in [2.75, 3.05) is 0 Å². The molecule has 0 amide bonds. The molecule has 2 heteroatoms. The SMILES string of the molecule is Cc1cccc2c1-n1c3ccccc3c3ccc4c(c31)B2c1ccccc1C4. The first kappa shape index (κ1) is 14.8. The number of aryl methyl sites for hydroxylation is 1. The van der Waals surface area contributed by atoms with Crippen LogP contribution in [0.2, 0.25) is 0 Å². The zero-order valence-corrected chi connectivity index (χ0v) is 15.7. The van der Waals surface area contributed by atoms with Crippen LogP contribution in [0.25, 0.3) is 27.5 Å². The van der Waals surface area contributed by atoms with Gasteiger partial charge in [0, 0.05) is 22.0 Å². The van der Waals surface area contributed by atoms with Gasteiger partial charge in [-0.05, 0) is 47.0 Å². The topological polar surface area (TPSA) is 4.93 Å². The first-order valence-corrected chi connectivity index (χ1v) is 10.1. The zero-order valence-electron chi connectivity index (χ0n) is 15.7. The standard InChI is InChI=1S/C26H18BN/c1-16-7-6-11-22-25(16)28-23-12-5-3-9-19(23)20-14-13-18-15-17-8-2-4-10-21(17)27(22)24(18)26(20)28/h2-14H,15H2,1H3. The average Bonchev–Trinajstić information content (AvgIpc) is 3.07. The van der Waals surface area contributed by atoms with Crippen LogP contribution in [0.4, 0.5) is 0 Å². The van der Waals surface area contributed by atoms with Gasteiger partial charge >= 0.3 is 0 Å². The smallest absolute Gasteiger partial charge is 0.247 e. The number of para-hydroxylation sites is 2. The lowest BCUT2D eigenvalue weighted by molar-refractivity contribution is 1.14. The maximum Gasteiger partial charge on any atom is 0.247 e. The molecule has 0 radical (unpaired) electrons. The third-order valence-electron chi connectivity index (χ3n) is 6.81. The first-order chi connectivity index (χ1) is 13.8. The summed E-state index contributed by atoms with van der Waals surface area (Å²) in [5.41, 5.74) is 12.8. The van der Waals surface area contributed by atoms with Gasteiger partial charge in [-0.3, -0.25) is 0 Å². The van der Waals surface area contributed by atoms with Crippen LogP contribution in [0.15, 0.2) is 78.9 Å². The number of fused-ring (bicyclic) bond motifs is 8. The molecule has 0 bridgehead atoms. The van der Waals surface area contributed by atoms with Gasteiger partial charge < -0.3 is 4.57 Å². The molecule has 0 saturated carbocycles. The highest BCUT2D eigenvalue weighted by atomic mass is 15.0. The normalized spacial score (nSPS) is 13.7. The van der Waals surface area contributed by atoms with Gasteiger partial charge in [0.05, 0.1) is 5.52 Å².